The standard InChI is InChI=1S/C19H23N5/c1-2-6-16-13-19(24-18(22-16)9-10-21-24)23-12-11-20-17(14-23)15-7-4-3-5-8-15/h3-5,7-10,13,17,20H,2,6,11-12,14H2,1H3. The number of anilines is 1. The molecule has 0 saturated carbocycles. The van der Waals surface area contributed by atoms with Crippen molar-refractivity contribution in [2.24, 2.45) is 0 Å². The number of nitrogens with zero attached hydrogens (tertiary/aromatic N) is 4. The van der Waals surface area contributed by atoms with Gasteiger partial charge in [-0.25, -0.2) is 4.98 Å². The molecule has 4 rings (SSSR count). The largest absolute Gasteiger partial charge is 0.353 e. The zero-order valence-electron chi connectivity index (χ0n) is 14.0. The molecule has 1 aliphatic rings. The van der Waals surface area contributed by atoms with Crippen LogP contribution in [0, 0.1) is 0 Å². The second-order valence-corrected chi connectivity index (χ2v) is 6.32. The summed E-state index contributed by atoms with van der Waals surface area (Å²) in [6, 6.07) is 15.2. The third kappa shape index (κ3) is 2.87. The lowest BCUT2D eigenvalue weighted by Crippen LogP contribution is -2.46. The third-order valence-electron chi connectivity index (χ3n) is 4.60. The van der Waals surface area contributed by atoms with E-state index in [0.29, 0.717) is 6.04 Å². The van der Waals surface area contributed by atoms with Crippen molar-refractivity contribution in [3.63, 3.8) is 0 Å². The van der Waals surface area contributed by atoms with Gasteiger partial charge in [0.15, 0.2) is 5.65 Å². The first-order valence-electron chi connectivity index (χ1n) is 8.72. The van der Waals surface area contributed by atoms with E-state index in [9.17, 15) is 0 Å². The molecule has 0 radical (unpaired) electrons. The van der Waals surface area contributed by atoms with Gasteiger partial charge in [0.25, 0.3) is 0 Å². The Morgan fingerprint density at radius 3 is 2.92 bits per heavy atom. The van der Waals surface area contributed by atoms with Gasteiger partial charge in [-0.05, 0) is 12.0 Å². The van der Waals surface area contributed by atoms with Crippen molar-refractivity contribution in [3.8, 4) is 0 Å². The summed E-state index contributed by atoms with van der Waals surface area (Å²) in [5.74, 6) is 1.15. The van der Waals surface area contributed by atoms with E-state index in [0.717, 1.165) is 49.6 Å². The highest BCUT2D eigenvalue weighted by molar-refractivity contribution is 5.51. The molecule has 5 heteroatoms. The molecule has 5 nitrogen and oxygen atoms in total. The van der Waals surface area contributed by atoms with Crippen LogP contribution in [-0.4, -0.2) is 34.2 Å². The molecule has 1 atom stereocenters. The Bertz CT molecular complexity index is 811. The molecule has 2 aromatic heterocycles. The first-order chi connectivity index (χ1) is 11.8. The number of fused-ring (bicyclic) bond motifs is 1. The number of rotatable bonds is 4. The van der Waals surface area contributed by atoms with Crippen LogP contribution in [0.15, 0.2) is 48.7 Å². The van der Waals surface area contributed by atoms with Gasteiger partial charge in [0.1, 0.15) is 5.82 Å². The lowest BCUT2D eigenvalue weighted by atomic mass is 10.0. The van der Waals surface area contributed by atoms with Crippen LogP contribution in [0.5, 0.6) is 0 Å². The van der Waals surface area contributed by atoms with Crippen LogP contribution >= 0.6 is 0 Å². The number of aryl methyl sites for hydroxylation is 1. The maximum atomic E-state index is 4.72. The highest BCUT2D eigenvalue weighted by Gasteiger charge is 2.23. The van der Waals surface area contributed by atoms with Crippen molar-refractivity contribution < 1.29 is 0 Å². The van der Waals surface area contributed by atoms with E-state index in [4.69, 9.17) is 4.98 Å². The average molecular weight is 321 g/mol. The van der Waals surface area contributed by atoms with Gasteiger partial charge in [-0.3, -0.25) is 0 Å². The minimum absolute atomic E-state index is 0.341. The van der Waals surface area contributed by atoms with Crippen molar-refractivity contribution >= 4 is 11.5 Å². The predicted molar refractivity (Wildman–Crippen MR) is 96.4 cm³/mol. The lowest BCUT2D eigenvalue weighted by Gasteiger charge is -2.35. The predicted octanol–water partition coefficient (Wildman–Crippen LogP) is 2.83. The van der Waals surface area contributed by atoms with Crippen LogP contribution in [0.3, 0.4) is 0 Å². The molecular formula is C19H23N5. The van der Waals surface area contributed by atoms with Crippen molar-refractivity contribution in [1.82, 2.24) is 19.9 Å². The van der Waals surface area contributed by atoms with Crippen molar-refractivity contribution in [1.29, 1.82) is 0 Å². The SMILES string of the molecule is CCCc1cc(N2CCNC(c3ccccc3)C2)n2nccc2n1. The highest BCUT2D eigenvalue weighted by atomic mass is 15.4. The van der Waals surface area contributed by atoms with Crippen molar-refractivity contribution in [2.75, 3.05) is 24.5 Å². The molecule has 3 aromatic rings. The lowest BCUT2D eigenvalue weighted by molar-refractivity contribution is 0.467. The van der Waals surface area contributed by atoms with Crippen LogP contribution in [-0.2, 0) is 6.42 Å². The van der Waals surface area contributed by atoms with E-state index in [1.807, 2.05) is 16.8 Å². The molecule has 124 valence electrons. The van der Waals surface area contributed by atoms with Gasteiger partial charge in [-0.1, -0.05) is 43.7 Å². The summed E-state index contributed by atoms with van der Waals surface area (Å²) in [5, 5.41) is 8.11. The van der Waals surface area contributed by atoms with Gasteiger partial charge >= 0.3 is 0 Å². The van der Waals surface area contributed by atoms with E-state index < -0.39 is 0 Å². The molecule has 0 amide bonds. The zero-order valence-corrected chi connectivity index (χ0v) is 14.0. The molecule has 1 N–H and O–H groups in total. The fraction of sp³-hybridized carbons (Fsp3) is 0.368. The van der Waals surface area contributed by atoms with E-state index >= 15 is 0 Å². The molecular weight excluding hydrogens is 298 g/mol. The normalized spacial score (nSPS) is 18.2. The van der Waals surface area contributed by atoms with Crippen LogP contribution in [0.25, 0.3) is 5.65 Å². The van der Waals surface area contributed by atoms with E-state index in [-0.39, 0.29) is 0 Å². The van der Waals surface area contributed by atoms with Crippen LogP contribution < -0.4 is 10.2 Å². The van der Waals surface area contributed by atoms with Crippen molar-refractivity contribution in [3.05, 3.63) is 59.9 Å². The van der Waals surface area contributed by atoms with Gasteiger partial charge in [-0.2, -0.15) is 9.61 Å². The number of piperazine rings is 1. The van der Waals surface area contributed by atoms with Gasteiger partial charge in [0, 0.05) is 43.5 Å². The molecule has 0 spiro atoms. The van der Waals surface area contributed by atoms with Crippen molar-refractivity contribution in [2.45, 2.75) is 25.8 Å². The maximum absolute atomic E-state index is 4.72. The zero-order chi connectivity index (χ0) is 16.4. The fourth-order valence-corrected chi connectivity index (χ4v) is 3.42. The summed E-state index contributed by atoms with van der Waals surface area (Å²) in [6.07, 6.45) is 3.94. The monoisotopic (exact) mass is 321 g/mol. The third-order valence-corrected chi connectivity index (χ3v) is 4.60. The van der Waals surface area contributed by atoms with Gasteiger partial charge in [0.05, 0.1) is 6.20 Å². The Balaban J connectivity index is 1.67. The highest BCUT2D eigenvalue weighted by Crippen LogP contribution is 2.24. The summed E-state index contributed by atoms with van der Waals surface area (Å²) >= 11 is 0. The van der Waals surface area contributed by atoms with Crippen LogP contribution in [0.2, 0.25) is 0 Å². The number of benzene rings is 1. The molecule has 1 aliphatic heterocycles. The fourth-order valence-electron chi connectivity index (χ4n) is 3.42. The number of aromatic nitrogens is 3. The van der Waals surface area contributed by atoms with Gasteiger partial charge in [-0.15, -0.1) is 0 Å². The molecule has 1 unspecified atom stereocenters. The van der Waals surface area contributed by atoms with Crippen LogP contribution in [0.4, 0.5) is 5.82 Å². The molecule has 0 bridgehead atoms. The smallest absolute Gasteiger partial charge is 0.157 e. The Kier molecular flexibility index (Phi) is 4.17. The minimum atomic E-state index is 0.341. The number of hydrogen-bond acceptors (Lipinski definition) is 4. The topological polar surface area (TPSA) is 45.5 Å². The minimum Gasteiger partial charge on any atom is -0.353 e. The summed E-state index contributed by atoms with van der Waals surface area (Å²) in [6.45, 7) is 5.08. The summed E-state index contributed by atoms with van der Waals surface area (Å²) in [4.78, 5) is 7.14. The first-order valence-corrected chi connectivity index (χ1v) is 8.72. The van der Waals surface area contributed by atoms with Crippen LogP contribution in [0.1, 0.15) is 30.6 Å². The number of hydrogen-bond donors (Lipinski definition) is 1. The van der Waals surface area contributed by atoms with E-state index in [1.54, 1.807) is 0 Å². The Morgan fingerprint density at radius 2 is 2.08 bits per heavy atom. The van der Waals surface area contributed by atoms with Gasteiger partial charge in [0.2, 0.25) is 0 Å². The molecule has 3 heterocycles. The Labute approximate surface area is 142 Å². The molecule has 1 aromatic carbocycles. The van der Waals surface area contributed by atoms with E-state index in [2.05, 4.69) is 58.6 Å². The Hall–Kier alpha value is -2.40. The molecule has 1 fully saturated rings. The first kappa shape index (κ1) is 15.1. The summed E-state index contributed by atoms with van der Waals surface area (Å²) in [7, 11) is 0. The molecule has 0 aliphatic carbocycles. The summed E-state index contributed by atoms with van der Waals surface area (Å²) < 4.78 is 1.96. The average Bonchev–Trinajstić information content (AvgIpc) is 3.11. The molecule has 24 heavy (non-hydrogen) atoms. The Morgan fingerprint density at radius 1 is 1.21 bits per heavy atom. The number of nitrogens with one attached hydrogen (secondary N) is 1. The van der Waals surface area contributed by atoms with Gasteiger partial charge < -0.3 is 10.2 Å². The second kappa shape index (κ2) is 6.61. The maximum Gasteiger partial charge on any atom is 0.157 e. The van der Waals surface area contributed by atoms with E-state index in [1.165, 1.54) is 5.56 Å². The second-order valence-electron chi connectivity index (χ2n) is 6.32. The molecule has 1 saturated heterocycles. The summed E-state index contributed by atoms with van der Waals surface area (Å²) in [5.41, 5.74) is 3.42. The quantitative estimate of drug-likeness (QED) is 0.802.